The van der Waals surface area contributed by atoms with Crippen LogP contribution in [0.3, 0.4) is 0 Å². The average Bonchev–Trinajstić information content (AvgIpc) is 3.59. The molecule has 0 atom stereocenters. The van der Waals surface area contributed by atoms with E-state index < -0.39 is 0 Å². The van der Waals surface area contributed by atoms with Gasteiger partial charge in [0, 0.05) is 32.9 Å². The van der Waals surface area contributed by atoms with Crippen molar-refractivity contribution in [2.24, 2.45) is 0 Å². The quantitative estimate of drug-likeness (QED) is 0.145. The zero-order chi connectivity index (χ0) is 31.1. The number of allylic oxidation sites excluding steroid dienone is 5. The number of terminal acetylenes is 1. The fourth-order valence-corrected chi connectivity index (χ4v) is 8.10. The average molecular weight is 578 g/mol. The molecule has 0 saturated heterocycles. The van der Waals surface area contributed by atoms with Gasteiger partial charge >= 0.3 is 0 Å². The van der Waals surface area contributed by atoms with Gasteiger partial charge in [-0.1, -0.05) is 119 Å². The van der Waals surface area contributed by atoms with Crippen molar-refractivity contribution in [3.8, 4) is 40.3 Å². The summed E-state index contributed by atoms with van der Waals surface area (Å²) in [6.07, 6.45) is 13.6. The van der Waals surface area contributed by atoms with Gasteiger partial charge in [-0.2, -0.15) is 0 Å². The van der Waals surface area contributed by atoms with Crippen LogP contribution in [0.25, 0.3) is 55.3 Å². The number of benzene rings is 5. The Balaban J connectivity index is 1.47. The molecule has 0 bridgehead atoms. The molecule has 0 radical (unpaired) electrons. The highest BCUT2D eigenvalue weighted by Gasteiger charge is 2.40. The Labute approximate surface area is 265 Å². The van der Waals surface area contributed by atoms with Gasteiger partial charge in [-0.05, 0) is 92.5 Å². The Hall–Kier alpha value is -5.32. The minimum absolute atomic E-state index is 0.0743. The topological polar surface area (TPSA) is 4.93 Å². The molecule has 5 aromatic carbocycles. The summed E-state index contributed by atoms with van der Waals surface area (Å²) in [6.45, 7) is 13.3. The van der Waals surface area contributed by atoms with Crippen LogP contribution in [0.5, 0.6) is 0 Å². The van der Waals surface area contributed by atoms with Gasteiger partial charge in [-0.15, -0.1) is 6.42 Å². The summed E-state index contributed by atoms with van der Waals surface area (Å²) in [7, 11) is 0. The van der Waals surface area contributed by atoms with E-state index in [0.29, 0.717) is 0 Å². The maximum Gasteiger partial charge on any atom is 0.0544 e. The Morgan fingerprint density at radius 1 is 0.689 bits per heavy atom. The van der Waals surface area contributed by atoms with Gasteiger partial charge in [0.25, 0.3) is 0 Å². The Morgan fingerprint density at radius 2 is 1.42 bits per heavy atom. The lowest BCUT2D eigenvalue weighted by Gasteiger charge is -2.23. The van der Waals surface area contributed by atoms with E-state index in [2.05, 4.69) is 142 Å². The molecule has 0 aliphatic heterocycles. The third-order valence-corrected chi connectivity index (χ3v) is 10.2. The van der Waals surface area contributed by atoms with E-state index in [1.807, 2.05) is 18.2 Å². The van der Waals surface area contributed by atoms with E-state index in [4.69, 9.17) is 6.42 Å². The third kappa shape index (κ3) is 3.69. The van der Waals surface area contributed by atoms with Gasteiger partial charge < -0.3 is 4.57 Å². The standard InChI is InChI=1S/C44H35N/c1-7-9-11-16-28(8-2)29-21-23-37-33(25-29)32-22-24-39-41(42(32)44(37,5)6)35-26-34-31-19-14-15-20-36(31)43(3,4)38(34)27-40(35)45(39)30-17-12-10-13-18-30/h2,7,9-27H,1H2,3-6H3/b11-9-,28-16+. The summed E-state index contributed by atoms with van der Waals surface area (Å²) in [4.78, 5) is 0. The minimum atomic E-state index is -0.197. The van der Waals surface area contributed by atoms with Gasteiger partial charge in [0.15, 0.2) is 0 Å². The van der Waals surface area contributed by atoms with Crippen LogP contribution in [0, 0.1) is 12.3 Å². The second-order valence-electron chi connectivity index (χ2n) is 13.4. The first-order valence-corrected chi connectivity index (χ1v) is 15.7. The number of fused-ring (bicyclic) bond motifs is 10. The summed E-state index contributed by atoms with van der Waals surface area (Å²) in [5, 5.41) is 2.64. The summed E-state index contributed by atoms with van der Waals surface area (Å²) in [5.41, 5.74) is 16.1. The van der Waals surface area contributed by atoms with Crippen molar-refractivity contribution in [3.05, 3.63) is 156 Å². The van der Waals surface area contributed by atoms with E-state index in [-0.39, 0.29) is 10.8 Å². The van der Waals surface area contributed by atoms with Gasteiger partial charge in [-0.25, -0.2) is 0 Å². The van der Waals surface area contributed by atoms with Crippen molar-refractivity contribution in [3.63, 3.8) is 0 Å². The lowest BCUT2D eigenvalue weighted by atomic mass is 9.79. The number of aromatic nitrogens is 1. The van der Waals surface area contributed by atoms with Crippen LogP contribution in [0.15, 0.2) is 128 Å². The second-order valence-corrected chi connectivity index (χ2v) is 13.4. The normalized spacial score (nSPS) is 15.6. The van der Waals surface area contributed by atoms with Crippen molar-refractivity contribution < 1.29 is 0 Å². The summed E-state index contributed by atoms with van der Waals surface area (Å²) < 4.78 is 2.47. The zero-order valence-corrected chi connectivity index (χ0v) is 26.3. The summed E-state index contributed by atoms with van der Waals surface area (Å²) in [5.74, 6) is 2.90. The minimum Gasteiger partial charge on any atom is -0.309 e. The lowest BCUT2D eigenvalue weighted by molar-refractivity contribution is 0.661. The van der Waals surface area contributed by atoms with Gasteiger partial charge in [0.2, 0.25) is 0 Å². The molecular formula is C44H35N. The SMILES string of the molecule is C#C/C(=C\C=C/C=C)c1ccc2c(c1)-c1ccc3c(c1C2(C)C)c1cc2c(cc1n3-c1ccccc1)C(C)(C)c1ccccc1-2. The largest absolute Gasteiger partial charge is 0.309 e. The van der Waals surface area contributed by atoms with Gasteiger partial charge in [0.05, 0.1) is 11.0 Å². The molecule has 0 unspecified atom stereocenters. The predicted octanol–water partition coefficient (Wildman–Crippen LogP) is 11.2. The van der Waals surface area contributed by atoms with Crippen LogP contribution >= 0.6 is 0 Å². The summed E-state index contributed by atoms with van der Waals surface area (Å²) in [6, 6.07) is 36.1. The Kier molecular flexibility index (Phi) is 5.81. The molecule has 1 heteroatoms. The van der Waals surface area contributed by atoms with E-state index in [0.717, 1.165) is 11.1 Å². The maximum atomic E-state index is 5.99. The second kappa shape index (κ2) is 9.59. The Morgan fingerprint density at radius 3 is 2.20 bits per heavy atom. The molecule has 8 rings (SSSR count). The van der Waals surface area contributed by atoms with E-state index in [1.54, 1.807) is 6.08 Å². The molecular weight excluding hydrogens is 542 g/mol. The van der Waals surface area contributed by atoms with Crippen LogP contribution in [0.4, 0.5) is 0 Å². The molecule has 216 valence electrons. The Bertz CT molecular complexity index is 2330. The number of para-hydroxylation sites is 1. The third-order valence-electron chi connectivity index (χ3n) is 10.2. The fraction of sp³-hybridized carbons (Fsp3) is 0.136. The number of nitrogens with zero attached hydrogens (tertiary/aromatic N) is 1. The van der Waals surface area contributed by atoms with Crippen molar-refractivity contribution in [1.82, 2.24) is 4.57 Å². The zero-order valence-electron chi connectivity index (χ0n) is 26.3. The molecule has 1 aromatic heterocycles. The molecule has 2 aliphatic rings. The lowest BCUT2D eigenvalue weighted by Crippen LogP contribution is -2.15. The molecule has 2 aliphatic carbocycles. The fourth-order valence-electron chi connectivity index (χ4n) is 8.10. The molecule has 1 heterocycles. The highest BCUT2D eigenvalue weighted by molar-refractivity contribution is 6.16. The molecule has 45 heavy (non-hydrogen) atoms. The highest BCUT2D eigenvalue weighted by atomic mass is 15.0. The smallest absolute Gasteiger partial charge is 0.0544 e. The molecule has 0 N–H and O–H groups in total. The van der Waals surface area contributed by atoms with Gasteiger partial charge in [-0.3, -0.25) is 0 Å². The molecule has 0 saturated carbocycles. The first-order valence-electron chi connectivity index (χ1n) is 15.7. The van der Waals surface area contributed by atoms with Crippen LogP contribution < -0.4 is 0 Å². The van der Waals surface area contributed by atoms with Crippen molar-refractivity contribution >= 4 is 27.4 Å². The van der Waals surface area contributed by atoms with Crippen LogP contribution in [0.1, 0.15) is 55.5 Å². The number of hydrogen-bond acceptors (Lipinski definition) is 0. The monoisotopic (exact) mass is 577 g/mol. The summed E-state index contributed by atoms with van der Waals surface area (Å²) >= 11 is 0. The van der Waals surface area contributed by atoms with Crippen molar-refractivity contribution in [2.45, 2.75) is 38.5 Å². The molecule has 1 nitrogen and oxygen atoms in total. The van der Waals surface area contributed by atoms with E-state index >= 15 is 0 Å². The maximum absolute atomic E-state index is 5.99. The molecule has 0 amide bonds. The molecule has 6 aromatic rings. The molecule has 0 spiro atoms. The molecule has 0 fully saturated rings. The van der Waals surface area contributed by atoms with Crippen molar-refractivity contribution in [1.29, 1.82) is 0 Å². The van der Waals surface area contributed by atoms with Gasteiger partial charge in [0.1, 0.15) is 0 Å². The van der Waals surface area contributed by atoms with E-state index in [9.17, 15) is 0 Å². The number of hydrogen-bond donors (Lipinski definition) is 0. The van der Waals surface area contributed by atoms with Crippen LogP contribution in [-0.2, 0) is 10.8 Å². The first-order chi connectivity index (χ1) is 21.8. The number of rotatable bonds is 4. The van der Waals surface area contributed by atoms with Crippen LogP contribution in [0.2, 0.25) is 0 Å². The van der Waals surface area contributed by atoms with Crippen molar-refractivity contribution in [2.75, 3.05) is 0 Å². The first kappa shape index (κ1) is 27.2. The van der Waals surface area contributed by atoms with Crippen LogP contribution in [-0.4, -0.2) is 4.57 Å². The predicted molar refractivity (Wildman–Crippen MR) is 192 cm³/mol. The highest BCUT2D eigenvalue weighted by Crippen LogP contribution is 2.56. The van der Waals surface area contributed by atoms with E-state index in [1.165, 1.54) is 72.0 Å².